The van der Waals surface area contributed by atoms with Gasteiger partial charge in [-0.05, 0) is 33.2 Å². The van der Waals surface area contributed by atoms with Gasteiger partial charge in [0.1, 0.15) is 5.01 Å². The predicted molar refractivity (Wildman–Crippen MR) is 86.9 cm³/mol. The Hall–Kier alpha value is -0.980. The fourth-order valence-corrected chi connectivity index (χ4v) is 4.62. The second-order valence-electron chi connectivity index (χ2n) is 6.95. The summed E-state index contributed by atoms with van der Waals surface area (Å²) in [5.41, 5.74) is -0.554. The minimum atomic E-state index is -0.600. The topological polar surface area (TPSA) is 56.7 Å². The first-order valence-electron chi connectivity index (χ1n) is 8.09. The number of rotatable bonds is 4. The average molecular weight is 323 g/mol. The number of aromatic nitrogens is 1. The highest BCUT2D eigenvalue weighted by Crippen LogP contribution is 2.43. The minimum Gasteiger partial charge on any atom is -0.481 e. The van der Waals surface area contributed by atoms with E-state index in [-0.39, 0.29) is 5.92 Å². The fraction of sp³-hybridized carbons (Fsp3) is 0.750. The quantitative estimate of drug-likeness (QED) is 0.920. The Balaban J connectivity index is 1.77. The molecule has 2 atom stereocenters. The van der Waals surface area contributed by atoms with Gasteiger partial charge in [0.25, 0.3) is 0 Å². The van der Waals surface area contributed by atoms with E-state index in [4.69, 9.17) is 0 Å². The first-order valence-corrected chi connectivity index (χ1v) is 8.97. The van der Waals surface area contributed by atoms with E-state index in [0.29, 0.717) is 12.6 Å². The van der Waals surface area contributed by atoms with Crippen molar-refractivity contribution in [2.45, 2.75) is 39.3 Å². The summed E-state index contributed by atoms with van der Waals surface area (Å²) in [6.07, 6.45) is 3.60. The Kier molecular flexibility index (Phi) is 4.52. The Bertz CT molecular complexity index is 519. The highest BCUT2D eigenvalue weighted by molar-refractivity contribution is 7.09. The van der Waals surface area contributed by atoms with E-state index in [0.717, 1.165) is 44.0 Å². The van der Waals surface area contributed by atoms with Crippen molar-refractivity contribution in [2.75, 3.05) is 26.2 Å². The summed E-state index contributed by atoms with van der Waals surface area (Å²) in [4.78, 5) is 21.2. The molecule has 0 bridgehead atoms. The molecule has 0 saturated carbocycles. The predicted octanol–water partition coefficient (Wildman–Crippen LogP) is 2.15. The van der Waals surface area contributed by atoms with Crippen LogP contribution in [-0.2, 0) is 11.3 Å². The monoisotopic (exact) mass is 323 g/mol. The molecule has 3 rings (SSSR count). The summed E-state index contributed by atoms with van der Waals surface area (Å²) in [7, 11) is 0. The van der Waals surface area contributed by atoms with Crippen molar-refractivity contribution in [1.29, 1.82) is 0 Å². The highest BCUT2D eigenvalue weighted by atomic mass is 32.1. The third kappa shape index (κ3) is 2.92. The van der Waals surface area contributed by atoms with Crippen molar-refractivity contribution in [1.82, 2.24) is 14.8 Å². The largest absolute Gasteiger partial charge is 0.481 e. The van der Waals surface area contributed by atoms with Crippen LogP contribution in [0.15, 0.2) is 11.6 Å². The van der Waals surface area contributed by atoms with Crippen molar-refractivity contribution in [3.05, 3.63) is 16.6 Å². The zero-order valence-electron chi connectivity index (χ0n) is 13.4. The van der Waals surface area contributed by atoms with Crippen molar-refractivity contribution in [2.24, 2.45) is 11.3 Å². The van der Waals surface area contributed by atoms with Crippen LogP contribution in [0.5, 0.6) is 0 Å². The van der Waals surface area contributed by atoms with Crippen LogP contribution < -0.4 is 0 Å². The van der Waals surface area contributed by atoms with E-state index in [2.05, 4.69) is 28.6 Å². The molecule has 2 fully saturated rings. The molecule has 3 heterocycles. The van der Waals surface area contributed by atoms with Gasteiger partial charge in [0.05, 0.1) is 12.0 Å². The number of aliphatic carboxylic acids is 1. The Morgan fingerprint density at radius 2 is 2.36 bits per heavy atom. The lowest BCUT2D eigenvalue weighted by molar-refractivity contribution is -0.151. The van der Waals surface area contributed by atoms with Crippen LogP contribution in [0.4, 0.5) is 0 Å². The van der Waals surface area contributed by atoms with Gasteiger partial charge >= 0.3 is 5.97 Å². The molecule has 22 heavy (non-hydrogen) atoms. The zero-order valence-corrected chi connectivity index (χ0v) is 14.2. The van der Waals surface area contributed by atoms with Gasteiger partial charge in [-0.3, -0.25) is 14.6 Å². The zero-order chi connectivity index (χ0) is 15.7. The summed E-state index contributed by atoms with van der Waals surface area (Å²) < 4.78 is 0. The number of carbonyl (C=O) groups is 1. The molecule has 5 nitrogen and oxygen atoms in total. The number of hydrogen-bond donors (Lipinski definition) is 1. The molecule has 0 aliphatic carbocycles. The third-order valence-electron chi connectivity index (χ3n) is 5.30. The standard InChI is InChI=1S/C16H25N3O2S/c1-12(2)19-9-13-8-18(10-14-17-5-7-22-14)6-3-4-16(13,11-19)15(20)21/h5,7,12-13H,3-4,6,8-11H2,1-2H3,(H,20,21)/t13-,16-/m0/s1. The minimum absolute atomic E-state index is 0.217. The molecule has 0 spiro atoms. The molecule has 2 aliphatic rings. The lowest BCUT2D eigenvalue weighted by Crippen LogP contribution is -2.41. The Labute approximate surface area is 135 Å². The molecule has 0 unspecified atom stereocenters. The van der Waals surface area contributed by atoms with Crippen molar-refractivity contribution in [3.63, 3.8) is 0 Å². The summed E-state index contributed by atoms with van der Waals surface area (Å²) in [6.45, 7) is 8.63. The molecule has 122 valence electrons. The van der Waals surface area contributed by atoms with Gasteiger partial charge in [0.2, 0.25) is 0 Å². The number of carboxylic acids is 1. The van der Waals surface area contributed by atoms with E-state index in [1.165, 1.54) is 0 Å². The lowest BCUT2D eigenvalue weighted by Gasteiger charge is -2.29. The number of thiazole rings is 1. The molecule has 1 aromatic heterocycles. The fourth-order valence-electron chi connectivity index (χ4n) is 3.96. The molecule has 6 heteroatoms. The van der Waals surface area contributed by atoms with Crippen LogP contribution in [0.2, 0.25) is 0 Å². The maximum atomic E-state index is 12.0. The van der Waals surface area contributed by atoms with Crippen molar-refractivity contribution >= 4 is 17.3 Å². The van der Waals surface area contributed by atoms with Gasteiger partial charge in [0, 0.05) is 43.2 Å². The molecule has 2 saturated heterocycles. The molecular formula is C16H25N3O2S. The van der Waals surface area contributed by atoms with Crippen LogP contribution in [0.3, 0.4) is 0 Å². The third-order valence-corrected chi connectivity index (χ3v) is 6.06. The Morgan fingerprint density at radius 1 is 1.55 bits per heavy atom. The summed E-state index contributed by atoms with van der Waals surface area (Å²) in [5.74, 6) is -0.383. The van der Waals surface area contributed by atoms with Gasteiger partial charge in [-0.25, -0.2) is 4.98 Å². The number of carboxylic acid groups (broad SMARTS) is 1. The van der Waals surface area contributed by atoms with Gasteiger partial charge in [0.15, 0.2) is 0 Å². The molecule has 0 radical (unpaired) electrons. The van der Waals surface area contributed by atoms with Gasteiger partial charge in [-0.1, -0.05) is 0 Å². The van der Waals surface area contributed by atoms with Crippen LogP contribution in [0.1, 0.15) is 31.7 Å². The van der Waals surface area contributed by atoms with Crippen LogP contribution in [-0.4, -0.2) is 58.1 Å². The molecule has 2 aliphatic heterocycles. The molecule has 0 amide bonds. The van der Waals surface area contributed by atoms with Crippen LogP contribution in [0, 0.1) is 11.3 Å². The van der Waals surface area contributed by atoms with Crippen molar-refractivity contribution in [3.8, 4) is 0 Å². The van der Waals surface area contributed by atoms with E-state index in [9.17, 15) is 9.90 Å². The van der Waals surface area contributed by atoms with Gasteiger partial charge in [-0.2, -0.15) is 0 Å². The van der Waals surface area contributed by atoms with Crippen LogP contribution >= 0.6 is 11.3 Å². The summed E-state index contributed by atoms with van der Waals surface area (Å²) >= 11 is 1.68. The normalized spacial score (nSPS) is 30.4. The maximum absolute atomic E-state index is 12.0. The van der Waals surface area contributed by atoms with E-state index < -0.39 is 11.4 Å². The number of nitrogens with zero attached hydrogens (tertiary/aromatic N) is 3. The van der Waals surface area contributed by atoms with Crippen LogP contribution in [0.25, 0.3) is 0 Å². The van der Waals surface area contributed by atoms with E-state index in [1.807, 2.05) is 11.6 Å². The SMILES string of the molecule is CC(C)N1C[C@@H]2CN(Cc3nccs3)CCC[C@]2(C(=O)O)C1. The molecule has 1 N–H and O–H groups in total. The van der Waals surface area contributed by atoms with Crippen molar-refractivity contribution < 1.29 is 9.90 Å². The number of likely N-dealkylation sites (tertiary alicyclic amines) is 2. The smallest absolute Gasteiger partial charge is 0.311 e. The summed E-state index contributed by atoms with van der Waals surface area (Å²) in [6, 6.07) is 0.413. The second kappa shape index (κ2) is 6.26. The van der Waals surface area contributed by atoms with E-state index in [1.54, 1.807) is 11.3 Å². The second-order valence-corrected chi connectivity index (χ2v) is 7.93. The van der Waals surface area contributed by atoms with Gasteiger partial charge < -0.3 is 5.11 Å². The molecule has 1 aromatic rings. The maximum Gasteiger partial charge on any atom is 0.311 e. The highest BCUT2D eigenvalue weighted by Gasteiger charge is 2.53. The number of fused-ring (bicyclic) bond motifs is 1. The average Bonchev–Trinajstić information content (AvgIpc) is 3.04. The lowest BCUT2D eigenvalue weighted by atomic mass is 9.75. The Morgan fingerprint density at radius 3 is 3.00 bits per heavy atom. The number of hydrogen-bond acceptors (Lipinski definition) is 5. The molecular weight excluding hydrogens is 298 g/mol. The molecule has 0 aromatic carbocycles. The first kappa shape index (κ1) is 15.9. The van der Waals surface area contributed by atoms with E-state index >= 15 is 0 Å². The summed E-state index contributed by atoms with van der Waals surface area (Å²) in [5, 5.41) is 13.0. The first-order chi connectivity index (χ1) is 10.5. The van der Waals surface area contributed by atoms with Gasteiger partial charge in [-0.15, -0.1) is 11.3 Å².